The summed E-state index contributed by atoms with van der Waals surface area (Å²) < 4.78 is 15.3. The van der Waals surface area contributed by atoms with Crippen molar-refractivity contribution in [2.45, 2.75) is 0 Å². The Hall–Kier alpha value is -2.20. The van der Waals surface area contributed by atoms with Gasteiger partial charge in [0.1, 0.15) is 11.0 Å². The second-order valence-electron chi connectivity index (χ2n) is 4.40. The number of benzene rings is 1. The van der Waals surface area contributed by atoms with Crippen molar-refractivity contribution in [1.29, 1.82) is 0 Å². The third kappa shape index (κ3) is 1.26. The van der Waals surface area contributed by atoms with Crippen molar-refractivity contribution in [2.75, 3.05) is 0 Å². The Balaban J connectivity index is 2.16. The third-order valence-corrected chi connectivity index (χ3v) is 3.58. The molecule has 92 valence electrons. The normalized spacial score (nSPS) is 12.8. The predicted molar refractivity (Wildman–Crippen MR) is 69.9 cm³/mol. The molecule has 3 heterocycles. The number of rotatable bonds is 0. The van der Waals surface area contributed by atoms with Gasteiger partial charge in [-0.15, -0.1) is 0 Å². The number of fused-ring (bicyclic) bond motifs is 5. The quantitative estimate of drug-likeness (QED) is 0.459. The number of aromatic nitrogens is 2. The molecular formula is C14H6ClFN2O. The van der Waals surface area contributed by atoms with Gasteiger partial charge in [-0.3, -0.25) is 9.36 Å². The minimum Gasteiger partial charge on any atom is -0.276 e. The van der Waals surface area contributed by atoms with Crippen LogP contribution in [0.5, 0.6) is 0 Å². The van der Waals surface area contributed by atoms with Gasteiger partial charge in [-0.05, 0) is 24.3 Å². The molecule has 5 heteroatoms. The fourth-order valence-corrected chi connectivity index (χ4v) is 2.70. The van der Waals surface area contributed by atoms with Crippen LogP contribution >= 0.6 is 11.6 Å². The molecule has 0 amide bonds. The van der Waals surface area contributed by atoms with Crippen molar-refractivity contribution < 1.29 is 9.18 Å². The van der Waals surface area contributed by atoms with Crippen molar-refractivity contribution >= 4 is 28.4 Å². The minimum atomic E-state index is -0.339. The summed E-state index contributed by atoms with van der Waals surface area (Å²) in [7, 11) is 0. The van der Waals surface area contributed by atoms with Gasteiger partial charge in [0.05, 0.1) is 16.8 Å². The van der Waals surface area contributed by atoms with Gasteiger partial charge in [-0.1, -0.05) is 17.7 Å². The van der Waals surface area contributed by atoms with Crippen molar-refractivity contribution in [3.63, 3.8) is 0 Å². The predicted octanol–water partition coefficient (Wildman–Crippen LogP) is 3.50. The third-order valence-electron chi connectivity index (χ3n) is 3.37. The van der Waals surface area contributed by atoms with Gasteiger partial charge in [0.2, 0.25) is 0 Å². The standard InChI is InChI=1S/C14H6ClFN2O/c15-13-5-7-9(6-17-13)14(19)18-11-3-1-2-10(16)8(11)4-12(7)18/h1-6H. The summed E-state index contributed by atoms with van der Waals surface area (Å²) in [6.45, 7) is 0. The van der Waals surface area contributed by atoms with E-state index in [0.29, 0.717) is 32.9 Å². The fraction of sp³-hybridized carbons (Fsp3) is 0. The Morgan fingerprint density at radius 3 is 2.89 bits per heavy atom. The lowest BCUT2D eigenvalue weighted by Crippen LogP contribution is -2.05. The molecule has 3 nitrogen and oxygen atoms in total. The lowest BCUT2D eigenvalue weighted by atomic mass is 10.1. The summed E-state index contributed by atoms with van der Waals surface area (Å²) >= 11 is 5.86. The summed E-state index contributed by atoms with van der Waals surface area (Å²) in [6, 6.07) is 7.99. The van der Waals surface area contributed by atoms with Crippen LogP contribution in [0.3, 0.4) is 0 Å². The highest BCUT2D eigenvalue weighted by Crippen LogP contribution is 2.38. The SMILES string of the molecule is O=C1c2cnc(Cl)cc2-c2cc3c(F)cccc3n21. The fourth-order valence-electron chi connectivity index (χ4n) is 2.54. The number of hydrogen-bond donors (Lipinski definition) is 0. The van der Waals surface area contributed by atoms with E-state index >= 15 is 0 Å². The highest BCUT2D eigenvalue weighted by molar-refractivity contribution is 6.30. The van der Waals surface area contributed by atoms with E-state index in [1.807, 2.05) is 0 Å². The zero-order valence-corrected chi connectivity index (χ0v) is 10.3. The van der Waals surface area contributed by atoms with Crippen LogP contribution in [0, 0.1) is 5.82 Å². The maximum absolute atomic E-state index is 13.8. The molecule has 0 N–H and O–H groups in total. The van der Waals surface area contributed by atoms with E-state index in [-0.39, 0.29) is 11.7 Å². The molecule has 4 rings (SSSR count). The van der Waals surface area contributed by atoms with Gasteiger partial charge < -0.3 is 0 Å². The molecule has 0 unspecified atom stereocenters. The van der Waals surface area contributed by atoms with Gasteiger partial charge >= 0.3 is 0 Å². The monoisotopic (exact) mass is 272 g/mol. The molecule has 1 aliphatic rings. The van der Waals surface area contributed by atoms with Gasteiger partial charge in [0, 0.05) is 17.1 Å². The Morgan fingerprint density at radius 2 is 2.05 bits per heavy atom. The number of carbonyl (C=O) groups is 1. The van der Waals surface area contributed by atoms with Gasteiger partial charge in [-0.25, -0.2) is 9.37 Å². The molecule has 0 saturated heterocycles. The minimum absolute atomic E-state index is 0.199. The first-order chi connectivity index (χ1) is 9.16. The van der Waals surface area contributed by atoms with Crippen LogP contribution in [0.25, 0.3) is 22.2 Å². The number of carbonyl (C=O) groups excluding carboxylic acids is 1. The van der Waals surface area contributed by atoms with E-state index in [4.69, 9.17) is 11.6 Å². The van der Waals surface area contributed by atoms with Crippen LogP contribution in [0.2, 0.25) is 5.15 Å². The molecule has 19 heavy (non-hydrogen) atoms. The van der Waals surface area contributed by atoms with Crippen molar-refractivity contribution in [3.05, 3.63) is 53.1 Å². The average Bonchev–Trinajstić information content (AvgIpc) is 2.89. The Morgan fingerprint density at radius 1 is 1.21 bits per heavy atom. The molecule has 0 bridgehead atoms. The van der Waals surface area contributed by atoms with Crippen LogP contribution in [0.1, 0.15) is 10.4 Å². The summed E-state index contributed by atoms with van der Waals surface area (Å²) in [5.74, 6) is -0.538. The molecule has 3 aromatic rings. The van der Waals surface area contributed by atoms with E-state index < -0.39 is 0 Å². The Labute approximate surface area is 112 Å². The molecule has 0 radical (unpaired) electrons. The molecule has 0 aliphatic carbocycles. The second-order valence-corrected chi connectivity index (χ2v) is 4.78. The molecule has 0 saturated carbocycles. The zero-order chi connectivity index (χ0) is 13.1. The lowest BCUT2D eigenvalue weighted by Gasteiger charge is -1.99. The van der Waals surface area contributed by atoms with Crippen LogP contribution in [-0.4, -0.2) is 15.5 Å². The Bertz CT molecular complexity index is 869. The smallest absolute Gasteiger partial charge is 0.265 e. The zero-order valence-electron chi connectivity index (χ0n) is 9.52. The molecule has 0 spiro atoms. The van der Waals surface area contributed by atoms with E-state index in [1.165, 1.54) is 16.8 Å². The highest BCUT2D eigenvalue weighted by atomic mass is 35.5. The van der Waals surface area contributed by atoms with Gasteiger partial charge in [-0.2, -0.15) is 0 Å². The summed E-state index contributed by atoms with van der Waals surface area (Å²) in [4.78, 5) is 16.3. The van der Waals surface area contributed by atoms with Crippen LogP contribution in [0.15, 0.2) is 36.5 Å². The number of halogens is 2. The molecule has 0 atom stereocenters. The summed E-state index contributed by atoms with van der Waals surface area (Å²) in [5, 5.41) is 0.746. The molecule has 2 aromatic heterocycles. The second kappa shape index (κ2) is 3.42. The van der Waals surface area contributed by atoms with Crippen molar-refractivity contribution in [3.8, 4) is 11.3 Å². The lowest BCUT2D eigenvalue weighted by molar-refractivity contribution is 0.0973. The first-order valence-electron chi connectivity index (χ1n) is 5.67. The maximum Gasteiger partial charge on any atom is 0.265 e. The first-order valence-corrected chi connectivity index (χ1v) is 6.05. The van der Waals surface area contributed by atoms with Crippen LogP contribution in [-0.2, 0) is 0 Å². The summed E-state index contributed by atoms with van der Waals surface area (Å²) in [5.41, 5.74) is 2.41. The highest BCUT2D eigenvalue weighted by Gasteiger charge is 2.29. The topological polar surface area (TPSA) is 34.9 Å². The molecule has 1 aliphatic heterocycles. The molecule has 0 fully saturated rings. The van der Waals surface area contributed by atoms with Crippen LogP contribution < -0.4 is 0 Å². The van der Waals surface area contributed by atoms with Crippen LogP contribution in [0.4, 0.5) is 4.39 Å². The molecular weight excluding hydrogens is 267 g/mol. The number of hydrogen-bond acceptors (Lipinski definition) is 2. The van der Waals surface area contributed by atoms with E-state index in [0.717, 1.165) is 0 Å². The number of nitrogens with zero attached hydrogens (tertiary/aromatic N) is 2. The first kappa shape index (κ1) is 10.7. The maximum atomic E-state index is 13.8. The van der Waals surface area contributed by atoms with E-state index in [1.54, 1.807) is 24.3 Å². The van der Waals surface area contributed by atoms with Crippen molar-refractivity contribution in [1.82, 2.24) is 9.55 Å². The Kier molecular flexibility index (Phi) is 1.93. The summed E-state index contributed by atoms with van der Waals surface area (Å²) in [6.07, 6.45) is 1.46. The van der Waals surface area contributed by atoms with Gasteiger partial charge in [0.15, 0.2) is 0 Å². The van der Waals surface area contributed by atoms with Crippen molar-refractivity contribution in [2.24, 2.45) is 0 Å². The number of pyridine rings is 1. The van der Waals surface area contributed by atoms with Gasteiger partial charge in [0.25, 0.3) is 5.91 Å². The van der Waals surface area contributed by atoms with E-state index in [2.05, 4.69) is 4.98 Å². The van der Waals surface area contributed by atoms with E-state index in [9.17, 15) is 9.18 Å². The average molecular weight is 273 g/mol. The largest absolute Gasteiger partial charge is 0.276 e. The molecule has 1 aromatic carbocycles.